The zero-order valence-corrected chi connectivity index (χ0v) is 14.2. The fraction of sp³-hybridized carbons (Fsp3) is 0.333. The number of rotatable bonds is 5. The molecular weight excluding hydrogens is 326 g/mol. The molecule has 2 atom stereocenters. The van der Waals surface area contributed by atoms with Gasteiger partial charge >= 0.3 is 5.97 Å². The van der Waals surface area contributed by atoms with E-state index in [4.69, 9.17) is 4.74 Å². The number of methoxy groups -OCH3 is 1. The van der Waals surface area contributed by atoms with Gasteiger partial charge in [-0.3, -0.25) is 9.59 Å². The van der Waals surface area contributed by atoms with Crippen LogP contribution in [0.1, 0.15) is 29.3 Å². The Bertz CT molecular complexity index is 728. The molecule has 2 aromatic rings. The Balaban J connectivity index is 2.00. The number of hydrogen-bond acceptors (Lipinski definition) is 4. The summed E-state index contributed by atoms with van der Waals surface area (Å²) in [4.78, 5) is 27.1. The number of aliphatic carboxylic acids is 1. The minimum absolute atomic E-state index is 0.00581. The number of carboxylic acids is 1. The molecule has 2 heterocycles. The Kier molecular flexibility index (Phi) is 4.85. The molecule has 1 aromatic carbocycles. The standard InChI is InChI=1S/C18H19NO4S/c1-23-13-5-2-4-12(10-13)17-15(18(21)22)7-8-16(20)19(17)11-14-6-3-9-24-14/h2-6,9-10,15,17H,7-8,11H2,1H3,(H,21,22)/t15-,17-/m0/s1. The lowest BCUT2D eigenvalue weighted by Gasteiger charge is -2.39. The molecule has 1 saturated heterocycles. The van der Waals surface area contributed by atoms with E-state index in [1.807, 2.05) is 41.8 Å². The average molecular weight is 345 g/mol. The Morgan fingerprint density at radius 1 is 1.38 bits per heavy atom. The molecule has 0 spiro atoms. The van der Waals surface area contributed by atoms with Gasteiger partial charge in [0, 0.05) is 11.3 Å². The third kappa shape index (κ3) is 3.28. The van der Waals surface area contributed by atoms with E-state index >= 15 is 0 Å². The summed E-state index contributed by atoms with van der Waals surface area (Å²) in [6.45, 7) is 0.433. The summed E-state index contributed by atoms with van der Waals surface area (Å²) in [6.07, 6.45) is 0.625. The van der Waals surface area contributed by atoms with E-state index in [2.05, 4.69) is 0 Å². The topological polar surface area (TPSA) is 66.8 Å². The second-order valence-electron chi connectivity index (χ2n) is 5.81. The SMILES string of the molecule is COc1cccc([C@H]2[C@@H](C(=O)O)CCC(=O)N2Cc2cccs2)c1. The Labute approximate surface area is 144 Å². The van der Waals surface area contributed by atoms with Crippen LogP contribution in [0.4, 0.5) is 0 Å². The van der Waals surface area contributed by atoms with Gasteiger partial charge in [0.25, 0.3) is 0 Å². The molecule has 5 nitrogen and oxygen atoms in total. The van der Waals surface area contributed by atoms with Gasteiger partial charge in [-0.1, -0.05) is 18.2 Å². The van der Waals surface area contributed by atoms with E-state index in [1.165, 1.54) is 0 Å². The quantitative estimate of drug-likeness (QED) is 0.903. The first-order valence-electron chi connectivity index (χ1n) is 7.78. The molecule has 1 amide bonds. The molecule has 0 radical (unpaired) electrons. The van der Waals surface area contributed by atoms with Crippen LogP contribution < -0.4 is 4.74 Å². The molecule has 0 unspecified atom stereocenters. The van der Waals surface area contributed by atoms with Crippen molar-refractivity contribution in [2.45, 2.75) is 25.4 Å². The van der Waals surface area contributed by atoms with E-state index < -0.39 is 17.9 Å². The molecule has 1 aliphatic rings. The number of amides is 1. The zero-order chi connectivity index (χ0) is 17.1. The highest BCUT2D eigenvalue weighted by molar-refractivity contribution is 7.09. The normalized spacial score (nSPS) is 20.9. The molecule has 0 saturated carbocycles. The lowest BCUT2D eigenvalue weighted by molar-refractivity contribution is -0.152. The smallest absolute Gasteiger partial charge is 0.308 e. The molecule has 3 rings (SSSR count). The van der Waals surface area contributed by atoms with Crippen LogP contribution in [0.25, 0.3) is 0 Å². The number of thiophene rings is 1. The number of hydrogen-bond donors (Lipinski definition) is 1. The van der Waals surface area contributed by atoms with E-state index in [1.54, 1.807) is 23.3 Å². The van der Waals surface area contributed by atoms with Crippen LogP contribution >= 0.6 is 11.3 Å². The lowest BCUT2D eigenvalue weighted by Crippen LogP contribution is -2.44. The highest BCUT2D eigenvalue weighted by Crippen LogP contribution is 2.39. The molecule has 0 bridgehead atoms. The van der Waals surface area contributed by atoms with Gasteiger partial charge in [-0.25, -0.2) is 0 Å². The fourth-order valence-corrected chi connectivity index (χ4v) is 3.91. The summed E-state index contributed by atoms with van der Waals surface area (Å²) in [5.74, 6) is -0.833. The molecular formula is C18H19NO4S. The van der Waals surface area contributed by atoms with Gasteiger partial charge in [-0.05, 0) is 35.6 Å². The largest absolute Gasteiger partial charge is 0.497 e. The summed E-state index contributed by atoms with van der Waals surface area (Å²) >= 11 is 1.57. The van der Waals surface area contributed by atoms with Gasteiger partial charge < -0.3 is 14.7 Å². The van der Waals surface area contributed by atoms with Crippen molar-refractivity contribution in [2.75, 3.05) is 7.11 Å². The van der Waals surface area contributed by atoms with Crippen molar-refractivity contribution < 1.29 is 19.4 Å². The van der Waals surface area contributed by atoms with Gasteiger partial charge in [0.15, 0.2) is 0 Å². The first kappa shape index (κ1) is 16.5. The Morgan fingerprint density at radius 2 is 2.21 bits per heavy atom. The second kappa shape index (κ2) is 7.05. The van der Waals surface area contributed by atoms with E-state index in [0.29, 0.717) is 18.7 Å². The predicted octanol–water partition coefficient (Wildman–Crippen LogP) is 3.32. The molecule has 1 N–H and O–H groups in total. The molecule has 126 valence electrons. The Hall–Kier alpha value is -2.34. The third-order valence-electron chi connectivity index (χ3n) is 4.37. The van der Waals surface area contributed by atoms with Crippen molar-refractivity contribution in [3.63, 3.8) is 0 Å². The van der Waals surface area contributed by atoms with Gasteiger partial charge in [0.05, 0.1) is 25.6 Å². The van der Waals surface area contributed by atoms with Gasteiger partial charge in [0.1, 0.15) is 5.75 Å². The number of likely N-dealkylation sites (tertiary alicyclic amines) is 1. The van der Waals surface area contributed by atoms with Crippen LogP contribution in [-0.2, 0) is 16.1 Å². The van der Waals surface area contributed by atoms with Crippen molar-refractivity contribution >= 4 is 23.2 Å². The first-order chi connectivity index (χ1) is 11.6. The van der Waals surface area contributed by atoms with Crippen LogP contribution in [-0.4, -0.2) is 29.0 Å². The average Bonchev–Trinajstić information content (AvgIpc) is 3.09. The number of carbonyl (C=O) groups excluding carboxylic acids is 1. The number of nitrogens with zero attached hydrogens (tertiary/aromatic N) is 1. The summed E-state index contributed by atoms with van der Waals surface area (Å²) in [7, 11) is 1.57. The maximum absolute atomic E-state index is 12.5. The van der Waals surface area contributed by atoms with Crippen LogP contribution in [0.2, 0.25) is 0 Å². The van der Waals surface area contributed by atoms with E-state index in [9.17, 15) is 14.7 Å². The zero-order valence-electron chi connectivity index (χ0n) is 13.3. The minimum Gasteiger partial charge on any atom is -0.497 e. The molecule has 6 heteroatoms. The highest BCUT2D eigenvalue weighted by Gasteiger charge is 2.40. The number of carbonyl (C=O) groups is 2. The lowest BCUT2D eigenvalue weighted by atomic mass is 9.84. The molecule has 1 aromatic heterocycles. The van der Waals surface area contributed by atoms with Crippen LogP contribution in [0.15, 0.2) is 41.8 Å². The van der Waals surface area contributed by atoms with Crippen LogP contribution in [0, 0.1) is 5.92 Å². The summed E-state index contributed by atoms with van der Waals surface area (Å²) < 4.78 is 5.26. The maximum atomic E-state index is 12.5. The molecule has 1 fully saturated rings. The molecule has 1 aliphatic heterocycles. The van der Waals surface area contributed by atoms with Crippen LogP contribution in [0.5, 0.6) is 5.75 Å². The maximum Gasteiger partial charge on any atom is 0.308 e. The van der Waals surface area contributed by atoms with Crippen LogP contribution in [0.3, 0.4) is 0 Å². The fourth-order valence-electron chi connectivity index (χ4n) is 3.21. The van der Waals surface area contributed by atoms with E-state index in [-0.39, 0.29) is 12.3 Å². The molecule has 24 heavy (non-hydrogen) atoms. The highest BCUT2D eigenvalue weighted by atomic mass is 32.1. The number of piperidine rings is 1. The Morgan fingerprint density at radius 3 is 2.88 bits per heavy atom. The van der Waals surface area contributed by atoms with Crippen molar-refractivity contribution in [3.05, 3.63) is 52.2 Å². The van der Waals surface area contributed by atoms with Gasteiger partial charge in [-0.2, -0.15) is 0 Å². The molecule has 0 aliphatic carbocycles. The number of ether oxygens (including phenoxy) is 1. The minimum atomic E-state index is -0.869. The number of benzene rings is 1. The predicted molar refractivity (Wildman–Crippen MR) is 91.0 cm³/mol. The number of carboxylic acid groups (broad SMARTS) is 1. The van der Waals surface area contributed by atoms with Gasteiger partial charge in [0.2, 0.25) is 5.91 Å². The summed E-state index contributed by atoms with van der Waals surface area (Å²) in [5, 5.41) is 11.6. The summed E-state index contributed by atoms with van der Waals surface area (Å²) in [6, 6.07) is 10.7. The van der Waals surface area contributed by atoms with Gasteiger partial charge in [-0.15, -0.1) is 11.3 Å². The van der Waals surface area contributed by atoms with Crippen molar-refractivity contribution in [3.8, 4) is 5.75 Å². The monoisotopic (exact) mass is 345 g/mol. The third-order valence-corrected chi connectivity index (χ3v) is 5.23. The summed E-state index contributed by atoms with van der Waals surface area (Å²) in [5.41, 5.74) is 0.798. The van der Waals surface area contributed by atoms with Crippen molar-refractivity contribution in [1.82, 2.24) is 4.90 Å². The van der Waals surface area contributed by atoms with E-state index in [0.717, 1.165) is 10.4 Å². The second-order valence-corrected chi connectivity index (χ2v) is 6.84. The first-order valence-corrected chi connectivity index (χ1v) is 8.66. The van der Waals surface area contributed by atoms with Crippen molar-refractivity contribution in [1.29, 1.82) is 0 Å². The van der Waals surface area contributed by atoms with Crippen molar-refractivity contribution in [2.24, 2.45) is 5.92 Å².